The molecule has 232 valence electrons. The highest BCUT2D eigenvalue weighted by Crippen LogP contribution is 2.32. The number of urea groups is 1. The van der Waals surface area contributed by atoms with Gasteiger partial charge in [0.25, 0.3) is 5.91 Å². The van der Waals surface area contributed by atoms with E-state index in [0.717, 1.165) is 12.1 Å². The van der Waals surface area contributed by atoms with E-state index < -0.39 is 29.9 Å². The fraction of sp³-hybridized carbons (Fsp3) is 0.433. The number of anilines is 2. The number of nitrogens with one attached hydrogen (secondary N) is 2. The average Bonchev–Trinajstić information content (AvgIpc) is 3.26. The van der Waals surface area contributed by atoms with Crippen molar-refractivity contribution < 1.29 is 37.1 Å². The van der Waals surface area contributed by atoms with E-state index in [1.165, 1.54) is 18.2 Å². The Morgan fingerprint density at radius 2 is 1.88 bits per heavy atom. The van der Waals surface area contributed by atoms with Gasteiger partial charge in [-0.15, -0.1) is 0 Å². The largest absolute Gasteiger partial charge is 0.488 e. The van der Waals surface area contributed by atoms with E-state index in [9.17, 15) is 27.9 Å². The summed E-state index contributed by atoms with van der Waals surface area (Å²) < 4.78 is 50.3. The van der Waals surface area contributed by atoms with Crippen molar-refractivity contribution in [1.82, 2.24) is 15.0 Å². The number of ether oxygens (including phenoxy) is 1. The van der Waals surface area contributed by atoms with Crippen molar-refractivity contribution in [2.45, 2.75) is 52.6 Å². The number of carbonyl (C=O) groups is 2. The maximum Gasteiger partial charge on any atom is 0.416 e. The van der Waals surface area contributed by atoms with E-state index in [2.05, 4.69) is 15.8 Å². The Bertz CT molecular complexity index is 1420. The standard InChI is InChI=1S/C30H36F3N5O5/c1-17-13-38(18(2)16-39)28(40)24-12-23(34-29(41)35-27-19(3)36-43-20(27)4)10-11-25(24)42-26(17)15-37(5)14-21-6-8-22(9-7-21)30(31,32)33/h6-12,17-18,26,39H,13-16H2,1-5H3,(H2,34,35,41)/t17-,18-,26+/m0/s1. The molecule has 0 fully saturated rings. The summed E-state index contributed by atoms with van der Waals surface area (Å²) in [5.74, 6) is 0.261. The number of aliphatic hydroxyl groups excluding tert-OH is 1. The summed E-state index contributed by atoms with van der Waals surface area (Å²) in [5.41, 5.74) is 1.55. The van der Waals surface area contributed by atoms with E-state index in [1.54, 1.807) is 37.8 Å². The number of carbonyl (C=O) groups excluding carboxylic acids is 2. The van der Waals surface area contributed by atoms with E-state index >= 15 is 0 Å². The third-order valence-electron chi connectivity index (χ3n) is 7.42. The zero-order valence-corrected chi connectivity index (χ0v) is 24.7. The molecule has 0 aliphatic carbocycles. The first-order valence-corrected chi connectivity index (χ1v) is 13.8. The fourth-order valence-electron chi connectivity index (χ4n) is 4.94. The molecule has 43 heavy (non-hydrogen) atoms. The second kappa shape index (κ2) is 13.0. The average molecular weight is 604 g/mol. The van der Waals surface area contributed by atoms with Crippen molar-refractivity contribution >= 4 is 23.3 Å². The van der Waals surface area contributed by atoms with Crippen molar-refractivity contribution in [3.05, 3.63) is 70.6 Å². The number of fused-ring (bicyclic) bond motifs is 1. The SMILES string of the molecule is Cc1noc(C)c1NC(=O)Nc1ccc2c(c1)C(=O)N([C@@H](C)CO)C[C@H](C)[C@@H](CN(C)Cc1ccc(C(F)(F)F)cc1)O2. The van der Waals surface area contributed by atoms with Gasteiger partial charge in [0, 0.05) is 31.2 Å². The number of aryl methyl sites for hydroxylation is 2. The Balaban J connectivity index is 1.54. The molecule has 10 nitrogen and oxygen atoms in total. The monoisotopic (exact) mass is 603 g/mol. The Kier molecular flexibility index (Phi) is 9.65. The maximum absolute atomic E-state index is 13.7. The predicted octanol–water partition coefficient (Wildman–Crippen LogP) is 5.31. The molecule has 3 N–H and O–H groups in total. The molecule has 2 aromatic carbocycles. The Morgan fingerprint density at radius 3 is 2.49 bits per heavy atom. The van der Waals surface area contributed by atoms with Crippen molar-refractivity contribution in [1.29, 1.82) is 0 Å². The number of nitrogens with zero attached hydrogens (tertiary/aromatic N) is 3. The molecule has 3 atom stereocenters. The van der Waals surface area contributed by atoms with Gasteiger partial charge >= 0.3 is 12.2 Å². The molecule has 1 aliphatic rings. The van der Waals surface area contributed by atoms with Crippen LogP contribution in [-0.2, 0) is 12.7 Å². The van der Waals surface area contributed by atoms with Crippen LogP contribution in [0.5, 0.6) is 5.75 Å². The van der Waals surface area contributed by atoms with Gasteiger partial charge in [0.05, 0.1) is 23.8 Å². The number of amides is 3. The molecule has 0 bridgehead atoms. The Morgan fingerprint density at radius 1 is 1.19 bits per heavy atom. The molecule has 0 spiro atoms. The zero-order valence-electron chi connectivity index (χ0n) is 24.7. The van der Waals surface area contributed by atoms with Gasteiger partial charge in [-0.2, -0.15) is 13.2 Å². The van der Waals surface area contributed by atoms with Crippen LogP contribution in [0.2, 0.25) is 0 Å². The van der Waals surface area contributed by atoms with Gasteiger partial charge in [-0.25, -0.2) is 4.79 Å². The lowest BCUT2D eigenvalue weighted by molar-refractivity contribution is -0.137. The lowest BCUT2D eigenvalue weighted by Crippen LogP contribution is -2.49. The number of likely N-dealkylation sites (N-methyl/N-ethyl adjacent to an activating group) is 1. The van der Waals surface area contributed by atoms with Crippen LogP contribution >= 0.6 is 0 Å². The first kappa shape index (κ1) is 31.8. The van der Waals surface area contributed by atoms with E-state index in [-0.39, 0.29) is 24.0 Å². The van der Waals surface area contributed by atoms with Crippen LogP contribution in [0.4, 0.5) is 29.3 Å². The number of rotatable bonds is 8. The highest BCUT2D eigenvalue weighted by atomic mass is 19.4. The molecule has 3 aromatic rings. The number of halogens is 3. The highest BCUT2D eigenvalue weighted by Gasteiger charge is 2.34. The number of aromatic nitrogens is 1. The number of alkyl halides is 3. The topological polar surface area (TPSA) is 120 Å². The summed E-state index contributed by atoms with van der Waals surface area (Å²) in [6, 6.07) is 8.77. The molecule has 4 rings (SSSR count). The maximum atomic E-state index is 13.7. The van der Waals surface area contributed by atoms with Crippen LogP contribution in [-0.4, -0.2) is 70.9 Å². The van der Waals surface area contributed by atoms with Gasteiger partial charge in [-0.1, -0.05) is 24.2 Å². The summed E-state index contributed by atoms with van der Waals surface area (Å²) >= 11 is 0. The molecule has 2 heterocycles. The minimum Gasteiger partial charge on any atom is -0.488 e. The molecule has 1 aliphatic heterocycles. The van der Waals surface area contributed by atoms with Gasteiger partial charge in [0.2, 0.25) is 0 Å². The van der Waals surface area contributed by atoms with Crippen molar-refractivity contribution in [2.75, 3.05) is 37.4 Å². The first-order valence-electron chi connectivity index (χ1n) is 13.8. The number of hydrogen-bond donors (Lipinski definition) is 3. The summed E-state index contributed by atoms with van der Waals surface area (Å²) in [6.07, 6.45) is -4.80. The zero-order chi connectivity index (χ0) is 31.5. The minimum absolute atomic E-state index is 0.153. The summed E-state index contributed by atoms with van der Waals surface area (Å²) in [4.78, 5) is 29.9. The van der Waals surface area contributed by atoms with Crippen LogP contribution in [0.25, 0.3) is 0 Å². The Hall–Kier alpha value is -4.10. The van der Waals surface area contributed by atoms with Crippen molar-refractivity contribution in [3.63, 3.8) is 0 Å². The van der Waals surface area contributed by atoms with E-state index in [1.807, 2.05) is 18.9 Å². The number of benzene rings is 2. The van der Waals surface area contributed by atoms with Crippen LogP contribution < -0.4 is 15.4 Å². The number of aliphatic hydroxyl groups is 1. The smallest absolute Gasteiger partial charge is 0.416 e. The van der Waals surface area contributed by atoms with Gasteiger partial charge in [-0.3, -0.25) is 9.69 Å². The third kappa shape index (κ3) is 7.65. The molecule has 0 saturated carbocycles. The predicted molar refractivity (Wildman–Crippen MR) is 154 cm³/mol. The molecule has 1 aromatic heterocycles. The van der Waals surface area contributed by atoms with Crippen molar-refractivity contribution in [3.8, 4) is 5.75 Å². The third-order valence-corrected chi connectivity index (χ3v) is 7.42. The van der Waals surface area contributed by atoms with Crippen LogP contribution in [0.1, 0.15) is 46.8 Å². The molecule has 0 radical (unpaired) electrons. The second-order valence-electron chi connectivity index (χ2n) is 11.0. The highest BCUT2D eigenvalue weighted by molar-refractivity contribution is 6.03. The molecule has 13 heteroatoms. The van der Waals surface area contributed by atoms with Gasteiger partial charge in [0.15, 0.2) is 5.76 Å². The van der Waals surface area contributed by atoms with Gasteiger partial charge in [-0.05, 0) is 63.7 Å². The summed E-state index contributed by atoms with van der Waals surface area (Å²) in [6.45, 7) is 7.91. The molecule has 0 unspecified atom stereocenters. The Labute approximate surface area is 247 Å². The molecular weight excluding hydrogens is 567 g/mol. The van der Waals surface area contributed by atoms with Crippen LogP contribution in [0.15, 0.2) is 47.0 Å². The normalized spacial score (nSPS) is 18.0. The summed E-state index contributed by atoms with van der Waals surface area (Å²) in [7, 11) is 1.84. The van der Waals surface area contributed by atoms with Crippen LogP contribution in [0.3, 0.4) is 0 Å². The second-order valence-corrected chi connectivity index (χ2v) is 11.0. The fourth-order valence-corrected chi connectivity index (χ4v) is 4.94. The van der Waals surface area contributed by atoms with E-state index in [4.69, 9.17) is 9.26 Å². The molecule has 0 saturated heterocycles. The van der Waals surface area contributed by atoms with Crippen molar-refractivity contribution in [2.24, 2.45) is 5.92 Å². The lowest BCUT2D eigenvalue weighted by Gasteiger charge is -2.38. The minimum atomic E-state index is -4.40. The van der Waals surface area contributed by atoms with E-state index in [0.29, 0.717) is 53.8 Å². The summed E-state index contributed by atoms with van der Waals surface area (Å²) in [5, 5.41) is 19.1. The number of hydrogen-bond acceptors (Lipinski definition) is 7. The van der Waals surface area contributed by atoms with Gasteiger partial charge < -0.3 is 29.9 Å². The quantitative estimate of drug-likeness (QED) is 0.319. The molecular formula is C30H36F3N5O5. The van der Waals surface area contributed by atoms with Crippen LogP contribution in [0, 0.1) is 19.8 Å². The molecule has 3 amide bonds. The first-order chi connectivity index (χ1) is 20.3. The lowest BCUT2D eigenvalue weighted by atomic mass is 9.99. The van der Waals surface area contributed by atoms with Gasteiger partial charge in [0.1, 0.15) is 23.2 Å².